The molecule has 3 aliphatic heterocycles. The molecule has 16 nitrogen and oxygen atoms in total. The van der Waals surface area contributed by atoms with Crippen molar-refractivity contribution in [3.8, 4) is 0 Å². The molecule has 2 saturated carbocycles. The van der Waals surface area contributed by atoms with Crippen LogP contribution in [0.25, 0.3) is 11.0 Å². The van der Waals surface area contributed by atoms with Gasteiger partial charge in [-0.1, -0.05) is 105 Å². The van der Waals surface area contributed by atoms with Crippen LogP contribution in [0.2, 0.25) is 10.0 Å². The lowest BCUT2D eigenvalue weighted by Gasteiger charge is -2.50. The third kappa shape index (κ3) is 10.2. The van der Waals surface area contributed by atoms with Gasteiger partial charge in [-0.05, 0) is 103 Å². The number of non-ortho nitro benzene ring substituents is 1. The molecular weight excluding hydrogens is 1000 g/mol. The van der Waals surface area contributed by atoms with Gasteiger partial charge in [0.25, 0.3) is 5.69 Å². The summed E-state index contributed by atoms with van der Waals surface area (Å²) >= 11 is 12.8. The summed E-state index contributed by atoms with van der Waals surface area (Å²) < 4.78 is 18.9. The number of hydrogen-bond acceptors (Lipinski definition) is 9. The van der Waals surface area contributed by atoms with Gasteiger partial charge in [-0.3, -0.25) is 53.9 Å². The van der Waals surface area contributed by atoms with Crippen LogP contribution in [0, 0.1) is 21.8 Å². The lowest BCUT2D eigenvalue weighted by molar-refractivity contribution is -0.384. The van der Waals surface area contributed by atoms with Crippen LogP contribution in [0.5, 0.6) is 0 Å². The summed E-state index contributed by atoms with van der Waals surface area (Å²) in [5.41, 5.74) is 8.86. The SMILES string of the molecule is C[C@@]1(c2ccc(Cl)cc2N(C=O)Cc2ccc([N+](=O)[O-])cc2)[C@@H](c2cccc(Cl)c2F)[C@H](C(N)=O)NC12CCCCC2.Cn1c(=O)n(C2CCC(=O)NC2=O)c2ccc(C3CCN(C(=O)C4CCCCC4)CC3)cc21. The summed E-state index contributed by atoms with van der Waals surface area (Å²) in [7, 11) is 1.72. The number of anilines is 1. The number of rotatable bonds is 11. The molecule has 4 aromatic carbocycles. The number of nitrogens with zero attached hydrogens (tertiary/aromatic N) is 5. The van der Waals surface area contributed by atoms with Gasteiger partial charge in [0.1, 0.15) is 11.9 Å². The van der Waals surface area contributed by atoms with Crippen molar-refractivity contribution in [1.82, 2.24) is 24.7 Å². The van der Waals surface area contributed by atoms with E-state index >= 15 is 4.39 Å². The van der Waals surface area contributed by atoms with Crippen molar-refractivity contribution in [2.45, 2.75) is 138 Å². The number of nitrogens with two attached hydrogens (primary N) is 1. The number of nitrogens with one attached hydrogen (secondary N) is 2. The highest BCUT2D eigenvalue weighted by molar-refractivity contribution is 6.31. The van der Waals surface area contributed by atoms with Gasteiger partial charge in [0.15, 0.2) is 0 Å². The average molecular weight is 1070 g/mol. The molecule has 1 aromatic heterocycles. The third-order valence-corrected chi connectivity index (χ3v) is 17.6. The molecule has 75 heavy (non-hydrogen) atoms. The zero-order valence-corrected chi connectivity index (χ0v) is 43.7. The number of amides is 5. The van der Waals surface area contributed by atoms with E-state index in [1.54, 1.807) is 48.0 Å². The number of halogens is 3. The molecule has 1 unspecified atom stereocenters. The topological polar surface area (TPSA) is 212 Å². The number of carbonyl (C=O) groups is 5. The highest BCUT2D eigenvalue weighted by Crippen LogP contribution is 2.60. The number of carbonyl (C=O) groups excluding carboxylic acids is 5. The molecular formula is C56H63Cl2FN8O8. The van der Waals surface area contributed by atoms with Crippen molar-refractivity contribution < 1.29 is 33.3 Å². The van der Waals surface area contributed by atoms with Gasteiger partial charge >= 0.3 is 5.69 Å². The van der Waals surface area contributed by atoms with Crippen LogP contribution in [0.1, 0.15) is 137 Å². The van der Waals surface area contributed by atoms with E-state index in [-0.39, 0.29) is 46.8 Å². The lowest BCUT2D eigenvalue weighted by Crippen LogP contribution is -2.56. The highest BCUT2D eigenvalue weighted by atomic mass is 35.5. The number of likely N-dealkylation sites (tertiary alicyclic amines) is 1. The zero-order chi connectivity index (χ0) is 53.3. The number of benzene rings is 4. The van der Waals surface area contributed by atoms with E-state index in [0.29, 0.717) is 64.9 Å². The van der Waals surface area contributed by atoms with Gasteiger partial charge in [0.05, 0.1) is 33.6 Å². The summed E-state index contributed by atoms with van der Waals surface area (Å²) in [6.07, 6.45) is 13.0. The van der Waals surface area contributed by atoms with Crippen molar-refractivity contribution in [3.63, 3.8) is 0 Å². The Labute approximate surface area is 444 Å². The van der Waals surface area contributed by atoms with Crippen molar-refractivity contribution in [1.29, 1.82) is 0 Å². The van der Waals surface area contributed by atoms with Crippen molar-refractivity contribution in [2.75, 3.05) is 18.0 Å². The van der Waals surface area contributed by atoms with E-state index in [4.69, 9.17) is 28.9 Å². The fourth-order valence-electron chi connectivity index (χ4n) is 13.1. The molecule has 4 atom stereocenters. The smallest absolute Gasteiger partial charge is 0.329 e. The lowest BCUT2D eigenvalue weighted by atomic mass is 9.56. The normalized spacial score (nSPS) is 23.1. The number of imidazole rings is 1. The van der Waals surface area contributed by atoms with Crippen LogP contribution >= 0.6 is 23.2 Å². The molecule has 5 fully saturated rings. The molecule has 5 aliphatic rings. The van der Waals surface area contributed by atoms with Gasteiger partial charge in [-0.25, -0.2) is 9.18 Å². The van der Waals surface area contributed by atoms with Crippen LogP contribution < -0.4 is 27.0 Å². The number of nitro benzene ring substituents is 1. The Balaban J connectivity index is 0.000000189. The van der Waals surface area contributed by atoms with E-state index in [9.17, 15) is 38.9 Å². The van der Waals surface area contributed by atoms with Gasteiger partial charge in [0.2, 0.25) is 30.0 Å². The monoisotopic (exact) mass is 1060 g/mol. The standard InChI is InChI=1S/C31H31Cl2FN4O4.C25H32N4O4/c1-30(23-13-10-20(32)16-25(23)37(18-39)17-19-8-11-21(12-9-19)38(41)42)26(22-6-5-7-24(33)27(22)34)28(29(35)40)36-31(30)14-3-2-4-15-31;1-27-21-15-18(16-11-13-28(14-12-16)24(32)17-5-3-2-4-6-17)7-8-19(21)29(25(27)33)20-9-10-22(30)26-23(20)31/h5-13,16,18,26,28,36H,2-4,14-15,17H2,1H3,(H2,35,40);7-8,15-17,20H,2-6,9-14H2,1H3,(H,26,30,31)/t26-,28+,30+;/m0./s1. The van der Waals surface area contributed by atoms with Crippen LogP contribution in [0.4, 0.5) is 15.8 Å². The molecule has 0 bridgehead atoms. The number of imide groups is 1. The molecule has 396 valence electrons. The maximum Gasteiger partial charge on any atom is 0.329 e. The number of aryl methyl sites for hydroxylation is 1. The van der Waals surface area contributed by atoms with E-state index in [0.717, 1.165) is 63.6 Å². The molecule has 5 amide bonds. The molecule has 4 N–H and O–H groups in total. The van der Waals surface area contributed by atoms with E-state index < -0.39 is 51.5 Å². The second-order valence-corrected chi connectivity index (χ2v) is 22.0. The Hall–Kier alpha value is -6.43. The first kappa shape index (κ1) is 53.4. The fourth-order valence-corrected chi connectivity index (χ4v) is 13.4. The van der Waals surface area contributed by atoms with E-state index in [1.165, 1.54) is 52.5 Å². The van der Waals surface area contributed by atoms with Crippen LogP contribution in [-0.2, 0) is 43.0 Å². The van der Waals surface area contributed by atoms with Gasteiger partial charge in [-0.2, -0.15) is 0 Å². The summed E-state index contributed by atoms with van der Waals surface area (Å²) in [6, 6.07) is 20.4. The second-order valence-electron chi connectivity index (χ2n) is 21.2. The Morgan fingerprint density at radius 2 is 1.59 bits per heavy atom. The number of hydrogen-bond donors (Lipinski definition) is 3. The van der Waals surface area contributed by atoms with Crippen molar-refractivity contribution >= 4 is 75.6 Å². The Morgan fingerprint density at radius 1 is 0.893 bits per heavy atom. The van der Waals surface area contributed by atoms with Gasteiger partial charge in [-0.15, -0.1) is 0 Å². The first-order valence-corrected chi connectivity index (χ1v) is 26.8. The highest BCUT2D eigenvalue weighted by Gasteiger charge is 2.64. The molecule has 5 aromatic rings. The van der Waals surface area contributed by atoms with E-state index in [1.807, 2.05) is 25.1 Å². The molecule has 3 saturated heterocycles. The zero-order valence-electron chi connectivity index (χ0n) is 42.2. The predicted molar refractivity (Wildman–Crippen MR) is 284 cm³/mol. The molecule has 4 heterocycles. The summed E-state index contributed by atoms with van der Waals surface area (Å²) in [4.78, 5) is 89.7. The number of aromatic nitrogens is 2. The summed E-state index contributed by atoms with van der Waals surface area (Å²) in [6.45, 7) is 3.67. The molecule has 2 aliphatic carbocycles. The molecule has 1 spiro atoms. The van der Waals surface area contributed by atoms with Gasteiger partial charge < -0.3 is 15.5 Å². The molecule has 10 rings (SSSR count). The first-order chi connectivity index (χ1) is 36.0. The minimum Gasteiger partial charge on any atom is -0.368 e. The summed E-state index contributed by atoms with van der Waals surface area (Å²) in [5.74, 6) is -1.80. The minimum absolute atomic E-state index is 0.0625. The predicted octanol–water partition coefficient (Wildman–Crippen LogP) is 9.01. The number of fused-ring (bicyclic) bond motifs is 1. The largest absolute Gasteiger partial charge is 0.368 e. The van der Waals surface area contributed by atoms with E-state index in [2.05, 4.69) is 21.6 Å². The molecule has 19 heteroatoms. The maximum atomic E-state index is 15.8. The number of nitro groups is 1. The Kier molecular flexibility index (Phi) is 15.7. The Morgan fingerprint density at radius 3 is 2.24 bits per heavy atom. The number of primary amides is 1. The van der Waals surface area contributed by atoms with Crippen molar-refractivity contribution in [3.05, 3.63) is 138 Å². The maximum absolute atomic E-state index is 15.8. The number of piperidine rings is 2. The average Bonchev–Trinajstić information content (AvgIpc) is 3.81. The third-order valence-electron chi connectivity index (χ3n) is 17.0. The second kappa shape index (κ2) is 22.0. The van der Waals surface area contributed by atoms with Gasteiger partial charge in [0, 0.05) is 72.2 Å². The van der Waals surface area contributed by atoms with Crippen molar-refractivity contribution in [2.24, 2.45) is 18.7 Å². The fraction of sp³-hybridized carbons (Fsp3) is 0.464. The summed E-state index contributed by atoms with van der Waals surface area (Å²) in [5, 5.41) is 17.4. The quantitative estimate of drug-likeness (QED) is 0.0498. The minimum atomic E-state index is -0.949. The van der Waals surface area contributed by atoms with Crippen LogP contribution in [0.3, 0.4) is 0 Å². The van der Waals surface area contributed by atoms with Crippen LogP contribution in [0.15, 0.2) is 83.7 Å². The van der Waals surface area contributed by atoms with Crippen LogP contribution in [-0.4, -0.2) is 73.7 Å². The first-order valence-electron chi connectivity index (χ1n) is 26.1. The molecule has 0 radical (unpaired) electrons. The Bertz CT molecular complexity index is 3090.